The molecule has 0 aliphatic heterocycles. The third-order valence-corrected chi connectivity index (χ3v) is 1.28. The van der Waals surface area contributed by atoms with Gasteiger partial charge in [-0.05, 0) is 13.3 Å². The van der Waals surface area contributed by atoms with Crippen LogP contribution in [0.3, 0.4) is 0 Å². The largest absolute Gasteiger partial charge is 0.569 e. The molecular formula is C5H14N4O2. The van der Waals surface area contributed by atoms with Crippen molar-refractivity contribution >= 4 is 0 Å². The van der Waals surface area contributed by atoms with E-state index in [0.29, 0.717) is 13.0 Å². The van der Waals surface area contributed by atoms with E-state index < -0.39 is 0 Å². The van der Waals surface area contributed by atoms with E-state index in [9.17, 15) is 5.21 Å². The molecule has 0 saturated heterocycles. The molecule has 0 fully saturated rings. The van der Waals surface area contributed by atoms with E-state index in [1.54, 1.807) is 0 Å². The van der Waals surface area contributed by atoms with Crippen molar-refractivity contribution < 1.29 is 10.2 Å². The number of hydrogen-bond acceptors (Lipinski definition) is 3. The average molecular weight is 162 g/mol. The van der Waals surface area contributed by atoms with E-state index in [1.807, 2.05) is 6.92 Å². The molecule has 0 radical (unpaired) electrons. The summed E-state index contributed by atoms with van der Waals surface area (Å²) in [6, 6.07) is 0.0459. The number of nitrogens with zero attached hydrogens (tertiary/aromatic N) is 3. The Labute approximate surface area is 65.4 Å². The van der Waals surface area contributed by atoms with Crippen LogP contribution in [0, 0.1) is 5.21 Å². The molecule has 66 valence electrons. The highest BCUT2D eigenvalue weighted by atomic mass is 16.6. The molecule has 6 nitrogen and oxygen atoms in total. The summed E-state index contributed by atoms with van der Waals surface area (Å²) < 4.78 is 0. The molecule has 3 N–H and O–H groups in total. The summed E-state index contributed by atoms with van der Waals surface area (Å²) in [4.78, 5) is 0.113. The first-order chi connectivity index (χ1) is 5.07. The molecule has 0 aliphatic carbocycles. The fourth-order valence-electron chi connectivity index (χ4n) is 0.544. The Balaban J connectivity index is 3.61. The highest BCUT2D eigenvalue weighted by Crippen LogP contribution is 1.91. The van der Waals surface area contributed by atoms with Crippen molar-refractivity contribution in [3.05, 3.63) is 5.21 Å². The van der Waals surface area contributed by atoms with Crippen LogP contribution in [0.4, 0.5) is 0 Å². The summed E-state index contributed by atoms with van der Waals surface area (Å²) in [5, 5.41) is 22.2. The SMILES string of the molecule is CC(N)CCN(C)/[N+]([O-])=N/O. The molecule has 0 heterocycles. The number of hydrazine groups is 1. The summed E-state index contributed by atoms with van der Waals surface area (Å²) in [5.41, 5.74) is 5.44. The molecule has 0 aromatic heterocycles. The minimum atomic E-state index is 0.0459. The Hall–Kier alpha value is -1.04. The van der Waals surface area contributed by atoms with Gasteiger partial charge in [0.25, 0.3) is 0 Å². The van der Waals surface area contributed by atoms with Gasteiger partial charge in [0.15, 0.2) is 0 Å². The van der Waals surface area contributed by atoms with Gasteiger partial charge in [0.05, 0.1) is 18.6 Å². The zero-order valence-corrected chi connectivity index (χ0v) is 6.77. The van der Waals surface area contributed by atoms with Gasteiger partial charge in [0.1, 0.15) is 0 Å². The lowest BCUT2D eigenvalue weighted by Crippen LogP contribution is -2.30. The van der Waals surface area contributed by atoms with E-state index in [4.69, 9.17) is 10.9 Å². The Kier molecular flexibility index (Phi) is 4.28. The number of rotatable bonds is 4. The van der Waals surface area contributed by atoms with E-state index in [0.717, 1.165) is 0 Å². The molecule has 0 rings (SSSR count). The van der Waals surface area contributed by atoms with Gasteiger partial charge in [0.2, 0.25) is 5.28 Å². The summed E-state index contributed by atoms with van der Waals surface area (Å²) in [6.07, 6.45) is 0.685. The Morgan fingerprint density at radius 2 is 2.36 bits per heavy atom. The highest BCUT2D eigenvalue weighted by Gasteiger charge is 2.05. The summed E-state index contributed by atoms with van der Waals surface area (Å²) >= 11 is 0. The predicted octanol–water partition coefficient (Wildman–Crippen LogP) is -0.0778. The molecule has 0 aromatic carbocycles. The third kappa shape index (κ3) is 4.38. The monoisotopic (exact) mass is 162 g/mol. The van der Waals surface area contributed by atoms with Gasteiger partial charge in [-0.1, -0.05) is 0 Å². The summed E-state index contributed by atoms with van der Waals surface area (Å²) in [7, 11) is 1.52. The topological polar surface area (TPSA) is 87.9 Å². The first kappa shape index (κ1) is 9.96. The maximum absolute atomic E-state index is 10.5. The van der Waals surface area contributed by atoms with Crippen LogP contribution in [0.15, 0.2) is 5.28 Å². The maximum atomic E-state index is 10.5. The van der Waals surface area contributed by atoms with Gasteiger partial charge in [-0.2, -0.15) is 0 Å². The van der Waals surface area contributed by atoms with Crippen molar-refractivity contribution in [1.82, 2.24) is 5.01 Å². The number of nitrogens with two attached hydrogens (primary N) is 1. The van der Waals surface area contributed by atoms with Crippen LogP contribution in [0.1, 0.15) is 13.3 Å². The highest BCUT2D eigenvalue weighted by molar-refractivity contribution is 4.52. The van der Waals surface area contributed by atoms with Crippen molar-refractivity contribution in [3.8, 4) is 0 Å². The standard InChI is InChI=1S/C5H14N4O2/c1-5(6)3-4-8(2)9(11)7-10/h5,10H,3-4,6H2,1-2H3/b9-7-. The molecular weight excluding hydrogens is 148 g/mol. The fraction of sp³-hybridized carbons (Fsp3) is 1.00. The Morgan fingerprint density at radius 1 is 1.82 bits per heavy atom. The van der Waals surface area contributed by atoms with Crippen molar-refractivity contribution in [2.24, 2.45) is 11.0 Å². The lowest BCUT2D eigenvalue weighted by atomic mass is 10.2. The molecule has 11 heavy (non-hydrogen) atoms. The van der Waals surface area contributed by atoms with Crippen LogP contribution in [0.5, 0.6) is 0 Å². The number of hydrogen-bond donors (Lipinski definition) is 2. The van der Waals surface area contributed by atoms with Gasteiger partial charge in [-0.25, -0.2) is 0 Å². The van der Waals surface area contributed by atoms with Gasteiger partial charge < -0.3 is 16.1 Å². The van der Waals surface area contributed by atoms with Crippen molar-refractivity contribution in [3.63, 3.8) is 0 Å². The zero-order chi connectivity index (χ0) is 8.85. The van der Waals surface area contributed by atoms with Crippen molar-refractivity contribution in [2.45, 2.75) is 19.4 Å². The predicted molar refractivity (Wildman–Crippen MR) is 38.7 cm³/mol. The lowest BCUT2D eigenvalue weighted by Gasteiger charge is -2.12. The van der Waals surface area contributed by atoms with Crippen LogP contribution in [-0.4, -0.2) is 34.8 Å². The normalized spacial score (nSPS) is 14.6. The summed E-state index contributed by atoms with van der Waals surface area (Å²) in [6.45, 7) is 2.32. The zero-order valence-electron chi connectivity index (χ0n) is 6.77. The fourth-order valence-corrected chi connectivity index (χ4v) is 0.544. The van der Waals surface area contributed by atoms with Gasteiger partial charge in [-0.15, -0.1) is 5.01 Å². The van der Waals surface area contributed by atoms with Crippen LogP contribution in [-0.2, 0) is 0 Å². The first-order valence-electron chi connectivity index (χ1n) is 3.36. The minimum Gasteiger partial charge on any atom is -0.569 e. The molecule has 0 aromatic rings. The average Bonchev–Trinajstić information content (AvgIpc) is 1.98. The van der Waals surface area contributed by atoms with Crippen molar-refractivity contribution in [1.29, 1.82) is 0 Å². The van der Waals surface area contributed by atoms with E-state index in [-0.39, 0.29) is 11.0 Å². The van der Waals surface area contributed by atoms with Gasteiger partial charge in [0, 0.05) is 6.04 Å². The van der Waals surface area contributed by atoms with E-state index in [1.165, 1.54) is 12.1 Å². The Bertz CT molecular complexity index is 136. The molecule has 0 amide bonds. The van der Waals surface area contributed by atoms with Crippen molar-refractivity contribution in [2.75, 3.05) is 13.6 Å². The quantitative estimate of drug-likeness (QED) is 0.344. The summed E-state index contributed by atoms with van der Waals surface area (Å²) in [5.74, 6) is 0. The lowest BCUT2D eigenvalue weighted by molar-refractivity contribution is -0.704. The molecule has 1 atom stereocenters. The van der Waals surface area contributed by atoms with Crippen LogP contribution in [0.2, 0.25) is 0 Å². The second-order valence-corrected chi connectivity index (χ2v) is 2.49. The van der Waals surface area contributed by atoms with Gasteiger partial charge in [-0.3, -0.25) is 0 Å². The molecule has 0 bridgehead atoms. The molecule has 1 unspecified atom stereocenters. The smallest absolute Gasteiger partial charge is 0.230 e. The van der Waals surface area contributed by atoms with Crippen LogP contribution in [0.25, 0.3) is 0 Å². The maximum Gasteiger partial charge on any atom is 0.230 e. The van der Waals surface area contributed by atoms with Crippen LogP contribution < -0.4 is 5.73 Å². The Morgan fingerprint density at radius 3 is 2.73 bits per heavy atom. The molecule has 0 aliphatic rings. The third-order valence-electron chi connectivity index (χ3n) is 1.28. The minimum absolute atomic E-state index is 0.0459. The molecule has 0 spiro atoms. The second-order valence-electron chi connectivity index (χ2n) is 2.49. The first-order valence-corrected chi connectivity index (χ1v) is 3.36. The molecule has 0 saturated carbocycles. The van der Waals surface area contributed by atoms with E-state index >= 15 is 0 Å². The van der Waals surface area contributed by atoms with E-state index in [2.05, 4.69) is 5.28 Å². The molecule has 6 heteroatoms. The second kappa shape index (κ2) is 4.73. The van der Waals surface area contributed by atoms with Gasteiger partial charge >= 0.3 is 0 Å². The van der Waals surface area contributed by atoms with Crippen LogP contribution >= 0.6 is 0 Å².